The molecular formula is C74H126B2N2O6S2. The van der Waals surface area contributed by atoms with E-state index in [4.69, 9.17) is 18.6 Å². The molecule has 2 fully saturated rings. The van der Waals surface area contributed by atoms with Crippen LogP contribution in [-0.4, -0.2) is 71.3 Å². The molecule has 486 valence electrons. The third-order valence-electron chi connectivity index (χ3n) is 20.6. The van der Waals surface area contributed by atoms with E-state index >= 15 is 9.59 Å². The van der Waals surface area contributed by atoms with Crippen molar-refractivity contribution in [3.05, 3.63) is 45.2 Å². The van der Waals surface area contributed by atoms with Gasteiger partial charge in [0.15, 0.2) is 0 Å². The summed E-state index contributed by atoms with van der Waals surface area (Å²) in [4.78, 5) is 38.6. The average Bonchev–Trinajstić information content (AvgIpc) is 1.58. The predicted octanol–water partition coefficient (Wildman–Crippen LogP) is 21.1. The smallest absolute Gasteiger partial charge is 0.399 e. The second-order valence-corrected chi connectivity index (χ2v) is 31.3. The quantitative estimate of drug-likeness (QED) is 0.0485. The maximum atomic E-state index is 16.2. The van der Waals surface area contributed by atoms with Gasteiger partial charge in [0.2, 0.25) is 0 Å². The Morgan fingerprint density at radius 2 is 0.570 bits per heavy atom. The van der Waals surface area contributed by atoms with Gasteiger partial charge in [-0.1, -0.05) is 271 Å². The van der Waals surface area contributed by atoms with Crippen molar-refractivity contribution in [3.63, 3.8) is 0 Å². The minimum atomic E-state index is -0.537. The van der Waals surface area contributed by atoms with E-state index in [1.54, 1.807) is 22.7 Å². The van der Waals surface area contributed by atoms with E-state index in [9.17, 15) is 0 Å². The molecule has 0 N–H and O–H groups in total. The molecule has 0 aliphatic carbocycles. The minimum absolute atomic E-state index is 0.0182. The Kier molecular flexibility index (Phi) is 31.6. The average molecular weight is 1230 g/mol. The molecule has 12 heteroatoms. The summed E-state index contributed by atoms with van der Waals surface area (Å²) in [6.45, 7) is 27.3. The van der Waals surface area contributed by atoms with Crippen LogP contribution < -0.4 is 9.55 Å². The van der Waals surface area contributed by atoms with E-state index in [2.05, 4.69) is 117 Å². The number of fused-ring (bicyclic) bond motifs is 1. The molecule has 0 saturated carbocycles. The predicted molar refractivity (Wildman–Crippen MR) is 372 cm³/mol. The summed E-state index contributed by atoms with van der Waals surface area (Å²) in [6, 6.07) is 8.56. The number of hydrogen-bond acceptors (Lipinski definition) is 8. The van der Waals surface area contributed by atoms with Gasteiger partial charge in [-0.25, -0.2) is 0 Å². The Morgan fingerprint density at radius 3 is 0.802 bits per heavy atom. The van der Waals surface area contributed by atoms with Crippen LogP contribution in [0.2, 0.25) is 0 Å². The highest BCUT2D eigenvalue weighted by atomic mass is 32.1. The molecule has 2 aromatic rings. The zero-order valence-electron chi connectivity index (χ0n) is 57.5. The second-order valence-electron chi connectivity index (χ2n) is 29.1. The van der Waals surface area contributed by atoms with Gasteiger partial charge in [0.05, 0.1) is 54.7 Å². The van der Waals surface area contributed by atoms with Crippen molar-refractivity contribution in [3.8, 4) is 0 Å². The van der Waals surface area contributed by atoms with Crippen molar-refractivity contribution in [2.24, 2.45) is 11.8 Å². The molecule has 2 atom stereocenters. The monoisotopic (exact) mass is 1220 g/mol. The van der Waals surface area contributed by atoms with Gasteiger partial charge in [-0.05, 0) is 105 Å². The lowest BCUT2D eigenvalue weighted by Gasteiger charge is -2.32. The van der Waals surface area contributed by atoms with Crippen molar-refractivity contribution < 1.29 is 28.2 Å². The highest BCUT2D eigenvalue weighted by Crippen LogP contribution is 2.50. The molecule has 8 nitrogen and oxygen atoms in total. The molecule has 86 heavy (non-hydrogen) atoms. The maximum absolute atomic E-state index is 16.2. The minimum Gasteiger partial charge on any atom is -0.399 e. The van der Waals surface area contributed by atoms with E-state index in [1.807, 2.05) is 0 Å². The lowest BCUT2D eigenvalue weighted by Crippen LogP contribution is -2.41. The maximum Gasteiger partial charge on any atom is 0.505 e. The first-order valence-electron chi connectivity index (χ1n) is 36.4. The van der Waals surface area contributed by atoms with Crippen molar-refractivity contribution in [2.45, 2.75) is 362 Å². The summed E-state index contributed by atoms with van der Waals surface area (Å²) in [6.07, 6.45) is 51.0. The molecule has 2 amide bonds. The number of nitrogens with zero attached hydrogens (tertiary/aromatic N) is 2. The van der Waals surface area contributed by atoms with Crippen molar-refractivity contribution in [1.82, 2.24) is 9.80 Å². The molecule has 2 saturated heterocycles. The molecule has 0 bridgehead atoms. The van der Waals surface area contributed by atoms with Gasteiger partial charge in [-0.2, -0.15) is 0 Å². The standard InChI is InChI=1S/C74H126B2N2O6S2/c1-13-17-21-25-29-33-35-39-43-47-51-59(49-45-41-37-31-27-23-19-15-3)57-77-67(61-53-55-63(85-61)75-81-71(5,6)72(7,8)82-75)65-66(69(77)79)68(62-54-56-64(86-62)76-83-73(9,10)74(11,12)84-76)78(70(65)80)58-60(50-46-42-38-32-28-24-20-16-4)52-48-44-40-36-34-30-26-22-18-14-2/h53-56,59-60H,13-52,57-58H2,1-12H3. The van der Waals surface area contributed by atoms with Crippen LogP contribution in [0, 0.1) is 11.8 Å². The van der Waals surface area contributed by atoms with Crippen molar-refractivity contribution in [2.75, 3.05) is 13.1 Å². The third-order valence-corrected chi connectivity index (χ3v) is 22.8. The van der Waals surface area contributed by atoms with Crippen LogP contribution in [0.4, 0.5) is 0 Å². The summed E-state index contributed by atoms with van der Waals surface area (Å²) in [5, 5.41) is 0. The van der Waals surface area contributed by atoms with Crippen molar-refractivity contribution in [1.29, 1.82) is 0 Å². The van der Waals surface area contributed by atoms with Crippen LogP contribution in [-0.2, 0) is 28.2 Å². The van der Waals surface area contributed by atoms with Crippen LogP contribution in [0.25, 0.3) is 11.4 Å². The Bertz CT molecular complexity index is 2160. The molecule has 2 unspecified atom stereocenters. The van der Waals surface area contributed by atoms with Crippen LogP contribution in [0.15, 0.2) is 35.4 Å². The fraction of sp³-hybridized carbons (Fsp3) is 0.811. The normalized spacial score (nSPS) is 18.7. The number of rotatable bonds is 48. The first kappa shape index (κ1) is 72.8. The van der Waals surface area contributed by atoms with Crippen LogP contribution in [0.5, 0.6) is 0 Å². The summed E-state index contributed by atoms with van der Waals surface area (Å²) < 4.78 is 28.6. The van der Waals surface area contributed by atoms with Gasteiger partial charge in [-0.15, -0.1) is 22.7 Å². The van der Waals surface area contributed by atoms with Gasteiger partial charge < -0.3 is 28.4 Å². The van der Waals surface area contributed by atoms with Gasteiger partial charge in [0.1, 0.15) is 0 Å². The van der Waals surface area contributed by atoms with Gasteiger partial charge >= 0.3 is 14.2 Å². The lowest BCUT2D eigenvalue weighted by atomic mass is 9.88. The van der Waals surface area contributed by atoms with E-state index in [-0.39, 0.29) is 11.8 Å². The third kappa shape index (κ3) is 21.4. The highest BCUT2D eigenvalue weighted by molar-refractivity contribution is 7.23. The topological polar surface area (TPSA) is 77.5 Å². The van der Waals surface area contributed by atoms with Gasteiger partial charge in [0.25, 0.3) is 11.8 Å². The molecule has 6 rings (SSSR count). The first-order valence-corrected chi connectivity index (χ1v) is 38.1. The second kappa shape index (κ2) is 37.3. The molecule has 0 aromatic carbocycles. The number of hydrogen-bond donors (Lipinski definition) is 0. The molecule has 0 radical (unpaired) electrons. The SMILES string of the molecule is CCCCCCCCCCCCC(CCCCCCCCCC)CN1C(=O)C2=C(c3ccc(B4OC(C)(C)C(C)(C)O4)s3)N(CC(CCCCCCCCCC)CCCCCCCCCCCC)C(=O)C2=C1c1ccc(B2OC(C)(C)C(C)(C)O2)s1. The summed E-state index contributed by atoms with van der Waals surface area (Å²) in [7, 11) is -1.07. The molecular weight excluding hydrogens is 1100 g/mol. The number of carbonyl (C=O) groups excluding carboxylic acids is 2. The molecule has 4 aliphatic rings. The number of unbranched alkanes of at least 4 members (excludes halogenated alkanes) is 32. The molecule has 6 heterocycles. The van der Waals surface area contributed by atoms with Crippen LogP contribution >= 0.6 is 22.7 Å². The highest BCUT2D eigenvalue weighted by Gasteiger charge is 2.55. The molecule has 2 aromatic heterocycles. The zero-order valence-corrected chi connectivity index (χ0v) is 59.1. The fourth-order valence-electron chi connectivity index (χ4n) is 13.5. The summed E-state index contributed by atoms with van der Waals surface area (Å²) in [5.41, 5.74) is 0.778. The Labute approximate surface area is 537 Å². The number of carbonyl (C=O) groups is 2. The summed E-state index contributed by atoms with van der Waals surface area (Å²) in [5.74, 6) is 0.619. The Balaban J connectivity index is 1.37. The largest absolute Gasteiger partial charge is 0.505 e. The van der Waals surface area contributed by atoms with Crippen LogP contribution in [0.3, 0.4) is 0 Å². The fourth-order valence-corrected chi connectivity index (χ4v) is 15.6. The van der Waals surface area contributed by atoms with E-state index in [0.717, 1.165) is 56.4 Å². The molecule has 0 spiro atoms. The van der Waals surface area contributed by atoms with Crippen LogP contribution in [0.1, 0.15) is 350 Å². The number of amides is 2. The van der Waals surface area contributed by atoms with E-state index in [0.29, 0.717) is 36.1 Å². The van der Waals surface area contributed by atoms with Gasteiger partial charge in [-0.3, -0.25) is 9.59 Å². The van der Waals surface area contributed by atoms with Crippen molar-refractivity contribution >= 4 is 69.7 Å². The number of thiophene rings is 2. The summed E-state index contributed by atoms with van der Waals surface area (Å²) >= 11 is 3.27. The molecule has 4 aliphatic heterocycles. The van der Waals surface area contributed by atoms with E-state index < -0.39 is 36.6 Å². The Morgan fingerprint density at radius 1 is 0.349 bits per heavy atom. The van der Waals surface area contributed by atoms with E-state index in [1.165, 1.54) is 231 Å². The zero-order chi connectivity index (χ0) is 62.0. The van der Waals surface area contributed by atoms with Gasteiger partial charge in [0, 0.05) is 22.6 Å². The lowest BCUT2D eigenvalue weighted by molar-refractivity contribution is -0.124. The Hall–Kier alpha value is -2.21. The first-order chi connectivity index (χ1) is 41.4.